The zero-order valence-corrected chi connectivity index (χ0v) is 13.4. The predicted octanol–water partition coefficient (Wildman–Crippen LogP) is 4.64. The third-order valence-electron chi connectivity index (χ3n) is 3.14. The molecule has 2 aromatic carbocycles. The van der Waals surface area contributed by atoms with Crippen molar-refractivity contribution < 1.29 is 9.84 Å². The van der Waals surface area contributed by atoms with Crippen molar-refractivity contribution in [1.29, 1.82) is 0 Å². The number of hydrogen-bond acceptors (Lipinski definition) is 3. The van der Waals surface area contributed by atoms with Crippen molar-refractivity contribution in [2.24, 2.45) is 0 Å². The molecule has 0 spiro atoms. The maximum Gasteiger partial charge on any atom is 0.122 e. The van der Waals surface area contributed by atoms with Gasteiger partial charge in [0.25, 0.3) is 0 Å². The molecule has 1 unspecified atom stereocenters. The van der Waals surface area contributed by atoms with E-state index in [-0.39, 0.29) is 6.04 Å². The number of phenolic OH excluding ortho intramolecular Hbond substituents is 1. The molecule has 0 aliphatic heterocycles. The smallest absolute Gasteiger partial charge is 0.122 e. The van der Waals surface area contributed by atoms with Crippen LogP contribution in [-0.2, 0) is 0 Å². The van der Waals surface area contributed by atoms with Crippen molar-refractivity contribution in [3.8, 4) is 11.5 Å². The summed E-state index contributed by atoms with van der Waals surface area (Å²) in [6.07, 6.45) is 0. The number of rotatable bonds is 4. The van der Waals surface area contributed by atoms with Gasteiger partial charge < -0.3 is 15.2 Å². The second-order valence-electron chi connectivity index (χ2n) is 4.81. The molecule has 2 N–H and O–H groups in total. The third kappa shape index (κ3) is 3.45. The number of hydrogen-bond donors (Lipinski definition) is 2. The van der Waals surface area contributed by atoms with Gasteiger partial charge in [-0.05, 0) is 32.0 Å². The van der Waals surface area contributed by atoms with Gasteiger partial charge in [0.05, 0.1) is 13.2 Å². The number of aryl methyl sites for hydroxylation is 1. The molecule has 4 heteroatoms. The number of nitrogens with one attached hydrogen (secondary N) is 1. The number of methoxy groups -OCH3 is 1. The van der Waals surface area contributed by atoms with E-state index in [2.05, 4.69) is 21.2 Å². The fourth-order valence-electron chi connectivity index (χ4n) is 2.11. The van der Waals surface area contributed by atoms with Crippen LogP contribution in [0.25, 0.3) is 0 Å². The van der Waals surface area contributed by atoms with E-state index < -0.39 is 0 Å². The zero-order chi connectivity index (χ0) is 14.7. The third-order valence-corrected chi connectivity index (χ3v) is 3.60. The number of halogens is 1. The lowest BCUT2D eigenvalue weighted by molar-refractivity contribution is 0.414. The molecule has 20 heavy (non-hydrogen) atoms. The number of anilines is 1. The molecule has 0 aliphatic rings. The molecule has 0 heterocycles. The van der Waals surface area contributed by atoms with Gasteiger partial charge in [0, 0.05) is 21.8 Å². The number of aromatic hydroxyl groups is 1. The first-order valence-electron chi connectivity index (χ1n) is 6.40. The second-order valence-corrected chi connectivity index (χ2v) is 5.72. The average molecular weight is 336 g/mol. The number of benzene rings is 2. The van der Waals surface area contributed by atoms with E-state index in [0.717, 1.165) is 27.0 Å². The highest BCUT2D eigenvalue weighted by molar-refractivity contribution is 9.10. The van der Waals surface area contributed by atoms with E-state index >= 15 is 0 Å². The Morgan fingerprint density at radius 2 is 1.95 bits per heavy atom. The van der Waals surface area contributed by atoms with Crippen LogP contribution in [0, 0.1) is 6.92 Å². The van der Waals surface area contributed by atoms with Crippen LogP contribution in [0.5, 0.6) is 11.5 Å². The molecule has 1 atom stereocenters. The number of ether oxygens (including phenoxy) is 1. The summed E-state index contributed by atoms with van der Waals surface area (Å²) in [7, 11) is 1.64. The molecule has 2 rings (SSSR count). The van der Waals surface area contributed by atoms with Gasteiger partial charge in [-0.3, -0.25) is 0 Å². The molecule has 0 bridgehead atoms. The Bertz CT molecular complexity index is 613. The van der Waals surface area contributed by atoms with Crippen LogP contribution in [0.4, 0.5) is 5.69 Å². The van der Waals surface area contributed by atoms with Crippen molar-refractivity contribution in [3.05, 3.63) is 52.0 Å². The Morgan fingerprint density at radius 3 is 2.65 bits per heavy atom. The minimum absolute atomic E-state index is 0.00564. The van der Waals surface area contributed by atoms with Crippen LogP contribution >= 0.6 is 15.9 Å². The maximum atomic E-state index is 9.96. The fraction of sp³-hybridized carbons (Fsp3) is 0.250. The average Bonchev–Trinajstić information content (AvgIpc) is 2.40. The van der Waals surface area contributed by atoms with Crippen LogP contribution in [0.1, 0.15) is 24.1 Å². The van der Waals surface area contributed by atoms with Gasteiger partial charge in [-0.25, -0.2) is 0 Å². The lowest BCUT2D eigenvalue weighted by Crippen LogP contribution is -2.07. The molecule has 0 aromatic heterocycles. The molecule has 0 amide bonds. The molecule has 0 radical (unpaired) electrons. The largest absolute Gasteiger partial charge is 0.508 e. The van der Waals surface area contributed by atoms with Gasteiger partial charge in [-0.15, -0.1) is 0 Å². The van der Waals surface area contributed by atoms with Gasteiger partial charge in [0.15, 0.2) is 0 Å². The van der Waals surface area contributed by atoms with E-state index in [1.54, 1.807) is 13.2 Å². The maximum absolute atomic E-state index is 9.96. The Kier molecular flexibility index (Phi) is 4.55. The minimum Gasteiger partial charge on any atom is -0.508 e. The summed E-state index contributed by atoms with van der Waals surface area (Å²) in [5.41, 5.74) is 2.94. The molecule has 0 saturated heterocycles. The van der Waals surface area contributed by atoms with Crippen LogP contribution < -0.4 is 10.1 Å². The summed E-state index contributed by atoms with van der Waals surface area (Å²) in [6, 6.07) is 11.4. The van der Waals surface area contributed by atoms with Gasteiger partial charge in [0.1, 0.15) is 11.5 Å². The molecule has 0 aliphatic carbocycles. The van der Waals surface area contributed by atoms with E-state index in [4.69, 9.17) is 4.74 Å². The molecule has 0 saturated carbocycles. The first kappa shape index (κ1) is 14.7. The lowest BCUT2D eigenvalue weighted by Gasteiger charge is -2.18. The van der Waals surface area contributed by atoms with E-state index in [9.17, 15) is 5.11 Å². The van der Waals surface area contributed by atoms with E-state index in [1.165, 1.54) is 0 Å². The van der Waals surface area contributed by atoms with Crippen LogP contribution in [0.15, 0.2) is 40.9 Å². The minimum atomic E-state index is -0.00564. The lowest BCUT2D eigenvalue weighted by atomic mass is 10.0. The van der Waals surface area contributed by atoms with Crippen LogP contribution in [0.2, 0.25) is 0 Å². The van der Waals surface area contributed by atoms with Crippen molar-refractivity contribution >= 4 is 21.6 Å². The Balaban J connectivity index is 2.25. The molecule has 0 fully saturated rings. The summed E-state index contributed by atoms with van der Waals surface area (Å²) in [6.45, 7) is 4.03. The Hall–Kier alpha value is -1.68. The SMILES string of the molecule is COc1cc(Br)cc(NC(C)c2cc(C)ccc2O)c1. The van der Waals surface area contributed by atoms with Gasteiger partial charge in [-0.1, -0.05) is 33.6 Å². The van der Waals surface area contributed by atoms with Gasteiger partial charge in [0.2, 0.25) is 0 Å². The molecular weight excluding hydrogens is 318 g/mol. The van der Waals surface area contributed by atoms with Gasteiger partial charge in [-0.2, -0.15) is 0 Å². The van der Waals surface area contributed by atoms with E-state index in [1.807, 2.05) is 44.2 Å². The van der Waals surface area contributed by atoms with Crippen molar-refractivity contribution in [2.45, 2.75) is 19.9 Å². The number of phenols is 1. The summed E-state index contributed by atoms with van der Waals surface area (Å²) < 4.78 is 6.19. The predicted molar refractivity (Wildman–Crippen MR) is 85.6 cm³/mol. The quantitative estimate of drug-likeness (QED) is 0.854. The van der Waals surface area contributed by atoms with Crippen LogP contribution in [-0.4, -0.2) is 12.2 Å². The second kappa shape index (κ2) is 6.18. The Morgan fingerprint density at radius 1 is 1.20 bits per heavy atom. The summed E-state index contributed by atoms with van der Waals surface area (Å²) in [4.78, 5) is 0. The molecule has 106 valence electrons. The summed E-state index contributed by atoms with van der Waals surface area (Å²) in [5, 5.41) is 13.3. The van der Waals surface area contributed by atoms with Crippen molar-refractivity contribution in [2.75, 3.05) is 12.4 Å². The highest BCUT2D eigenvalue weighted by atomic mass is 79.9. The van der Waals surface area contributed by atoms with Crippen molar-refractivity contribution in [1.82, 2.24) is 0 Å². The fourth-order valence-corrected chi connectivity index (χ4v) is 2.58. The normalized spacial score (nSPS) is 12.0. The first-order chi connectivity index (χ1) is 9.49. The van der Waals surface area contributed by atoms with Gasteiger partial charge >= 0.3 is 0 Å². The summed E-state index contributed by atoms with van der Waals surface area (Å²) in [5.74, 6) is 1.08. The highest BCUT2D eigenvalue weighted by Crippen LogP contribution is 2.30. The molecule has 3 nitrogen and oxygen atoms in total. The Labute approximate surface area is 127 Å². The standard InChI is InChI=1S/C16H18BrNO2/c1-10-4-5-16(19)15(6-10)11(2)18-13-7-12(17)8-14(9-13)20-3/h4-9,11,18-19H,1-3H3. The zero-order valence-electron chi connectivity index (χ0n) is 11.8. The molecule has 2 aromatic rings. The topological polar surface area (TPSA) is 41.5 Å². The summed E-state index contributed by atoms with van der Waals surface area (Å²) >= 11 is 3.46. The monoisotopic (exact) mass is 335 g/mol. The van der Waals surface area contributed by atoms with Crippen molar-refractivity contribution in [3.63, 3.8) is 0 Å². The van der Waals surface area contributed by atoms with Crippen LogP contribution in [0.3, 0.4) is 0 Å². The molecular formula is C16H18BrNO2. The first-order valence-corrected chi connectivity index (χ1v) is 7.19. The van der Waals surface area contributed by atoms with E-state index in [0.29, 0.717) is 5.75 Å². The highest BCUT2D eigenvalue weighted by Gasteiger charge is 2.11.